The van der Waals surface area contributed by atoms with E-state index in [1.165, 1.54) is 0 Å². The van der Waals surface area contributed by atoms with Crippen LogP contribution in [0, 0.1) is 0 Å². The second-order valence-corrected chi connectivity index (χ2v) is 4.35. The van der Waals surface area contributed by atoms with Crippen molar-refractivity contribution < 1.29 is 0 Å². The van der Waals surface area contributed by atoms with Crippen LogP contribution in [0.1, 0.15) is 19.2 Å². The summed E-state index contributed by atoms with van der Waals surface area (Å²) < 4.78 is 4.01. The summed E-state index contributed by atoms with van der Waals surface area (Å²) in [6.45, 7) is 2.16. The Morgan fingerprint density at radius 2 is 1.89 bits per heavy atom. The van der Waals surface area contributed by atoms with E-state index in [1.54, 1.807) is 12.7 Å². The van der Waals surface area contributed by atoms with Crippen molar-refractivity contribution in [3.8, 4) is 11.4 Å². The first kappa shape index (κ1) is 11.6. The van der Waals surface area contributed by atoms with Crippen LogP contribution in [0.4, 0.5) is 0 Å². The van der Waals surface area contributed by atoms with E-state index >= 15 is 0 Å². The van der Waals surface area contributed by atoms with Crippen molar-refractivity contribution >= 4 is 0 Å². The molecule has 0 saturated heterocycles. The lowest BCUT2D eigenvalue weighted by Gasteiger charge is -2.09. The molecule has 0 radical (unpaired) electrons. The molecular weight excluding hydrogens is 238 g/mol. The number of aryl methyl sites for hydroxylation is 1. The van der Waals surface area contributed by atoms with Gasteiger partial charge < -0.3 is 4.57 Å². The van der Waals surface area contributed by atoms with Crippen molar-refractivity contribution in [3.63, 3.8) is 0 Å². The molecule has 0 amide bonds. The Hall–Kier alpha value is -2.43. The molecule has 2 heterocycles. The molecule has 2 aromatic heterocycles. The lowest BCUT2D eigenvalue weighted by atomic mass is 10.2. The third-order valence-electron chi connectivity index (χ3n) is 3.02. The zero-order chi connectivity index (χ0) is 13.1. The maximum Gasteiger partial charge on any atom is 0.123 e. The highest BCUT2D eigenvalue weighted by Crippen LogP contribution is 2.16. The van der Waals surface area contributed by atoms with Gasteiger partial charge in [-0.3, -0.25) is 4.57 Å². The quantitative estimate of drug-likeness (QED) is 0.717. The van der Waals surface area contributed by atoms with Gasteiger partial charge in [-0.2, -0.15) is 0 Å². The molecule has 19 heavy (non-hydrogen) atoms. The van der Waals surface area contributed by atoms with E-state index in [0.717, 1.165) is 30.0 Å². The average Bonchev–Trinajstić information content (AvgIpc) is 3.10. The Bertz CT molecular complexity index is 654. The largest absolute Gasteiger partial charge is 0.304 e. The summed E-state index contributed by atoms with van der Waals surface area (Å²) in [4.78, 5) is 4.41. The molecule has 0 atom stereocenters. The van der Waals surface area contributed by atoms with Crippen LogP contribution >= 0.6 is 0 Å². The Morgan fingerprint density at radius 1 is 1.11 bits per heavy atom. The molecule has 0 aliphatic heterocycles. The summed E-state index contributed by atoms with van der Waals surface area (Å²) in [7, 11) is 0. The van der Waals surface area contributed by atoms with E-state index in [1.807, 2.05) is 29.1 Å². The number of nitrogens with zero attached hydrogens (tertiary/aromatic N) is 5. The first-order valence-corrected chi connectivity index (χ1v) is 6.36. The zero-order valence-corrected chi connectivity index (χ0v) is 10.8. The highest BCUT2D eigenvalue weighted by Gasteiger charge is 2.05. The average molecular weight is 253 g/mol. The van der Waals surface area contributed by atoms with Gasteiger partial charge in [-0.05, 0) is 24.6 Å². The fourth-order valence-corrected chi connectivity index (χ4v) is 2.12. The minimum atomic E-state index is 0.976. The third-order valence-corrected chi connectivity index (χ3v) is 3.02. The van der Waals surface area contributed by atoms with E-state index in [0.29, 0.717) is 0 Å². The van der Waals surface area contributed by atoms with E-state index in [2.05, 4.69) is 38.8 Å². The Morgan fingerprint density at radius 3 is 2.68 bits per heavy atom. The van der Waals surface area contributed by atoms with E-state index < -0.39 is 0 Å². The summed E-state index contributed by atoms with van der Waals surface area (Å²) in [6, 6.07) is 8.24. The number of hydrogen-bond donors (Lipinski definition) is 0. The molecule has 96 valence electrons. The lowest BCUT2D eigenvalue weighted by Crippen LogP contribution is -2.01. The number of benzene rings is 1. The van der Waals surface area contributed by atoms with Crippen molar-refractivity contribution in [2.24, 2.45) is 0 Å². The summed E-state index contributed by atoms with van der Waals surface area (Å²) in [6.07, 6.45) is 9.29. The van der Waals surface area contributed by atoms with Crippen molar-refractivity contribution in [1.29, 1.82) is 0 Å². The van der Waals surface area contributed by atoms with E-state index in [4.69, 9.17) is 0 Å². The van der Waals surface area contributed by atoms with Gasteiger partial charge >= 0.3 is 0 Å². The van der Waals surface area contributed by atoms with Gasteiger partial charge in [0.15, 0.2) is 0 Å². The van der Waals surface area contributed by atoms with Gasteiger partial charge in [0.25, 0.3) is 0 Å². The highest BCUT2D eigenvalue weighted by atomic mass is 15.2. The van der Waals surface area contributed by atoms with Crippen LogP contribution in [0.3, 0.4) is 0 Å². The standard InChI is InChI=1S/C14H15N5/c1-2-4-14-15-7-8-19(14)13-6-3-5-12(9-13)18-10-16-17-11-18/h3,5-11H,2,4H2,1H3. The van der Waals surface area contributed by atoms with Crippen LogP contribution < -0.4 is 0 Å². The zero-order valence-electron chi connectivity index (χ0n) is 10.8. The van der Waals surface area contributed by atoms with Crippen LogP contribution in [0.25, 0.3) is 11.4 Å². The molecular formula is C14H15N5. The molecule has 0 fully saturated rings. The molecule has 1 aromatic carbocycles. The monoisotopic (exact) mass is 253 g/mol. The van der Waals surface area contributed by atoms with Crippen molar-refractivity contribution in [2.45, 2.75) is 19.8 Å². The van der Waals surface area contributed by atoms with Gasteiger partial charge in [-0.25, -0.2) is 4.98 Å². The van der Waals surface area contributed by atoms with Gasteiger partial charge in [-0.15, -0.1) is 10.2 Å². The highest BCUT2D eigenvalue weighted by molar-refractivity contribution is 5.44. The summed E-state index contributed by atoms with van der Waals surface area (Å²) in [5, 5.41) is 7.66. The first-order valence-electron chi connectivity index (χ1n) is 6.36. The minimum Gasteiger partial charge on any atom is -0.304 e. The number of hydrogen-bond acceptors (Lipinski definition) is 3. The topological polar surface area (TPSA) is 48.5 Å². The SMILES string of the molecule is CCCc1nccn1-c1cccc(-n2cnnc2)c1. The number of rotatable bonds is 4. The molecule has 0 bridgehead atoms. The third kappa shape index (κ3) is 2.27. The van der Waals surface area contributed by atoms with E-state index in [-0.39, 0.29) is 0 Å². The molecule has 0 aliphatic carbocycles. The lowest BCUT2D eigenvalue weighted by molar-refractivity contribution is 0.808. The predicted molar refractivity (Wildman–Crippen MR) is 72.5 cm³/mol. The molecule has 0 saturated carbocycles. The number of aromatic nitrogens is 5. The minimum absolute atomic E-state index is 0.976. The van der Waals surface area contributed by atoms with Gasteiger partial charge in [0.1, 0.15) is 18.5 Å². The van der Waals surface area contributed by atoms with Gasteiger partial charge in [0, 0.05) is 24.5 Å². The summed E-state index contributed by atoms with van der Waals surface area (Å²) >= 11 is 0. The van der Waals surface area contributed by atoms with Crippen LogP contribution in [-0.2, 0) is 6.42 Å². The molecule has 5 heteroatoms. The van der Waals surface area contributed by atoms with Crippen LogP contribution in [0.2, 0.25) is 0 Å². The summed E-state index contributed by atoms with van der Waals surface area (Å²) in [5.41, 5.74) is 2.14. The van der Waals surface area contributed by atoms with Crippen LogP contribution in [0.5, 0.6) is 0 Å². The van der Waals surface area contributed by atoms with Crippen LogP contribution in [-0.4, -0.2) is 24.3 Å². The first-order chi connectivity index (χ1) is 9.38. The normalized spacial score (nSPS) is 10.8. The van der Waals surface area contributed by atoms with Crippen molar-refractivity contribution in [3.05, 3.63) is 55.1 Å². The molecule has 0 spiro atoms. The van der Waals surface area contributed by atoms with Crippen LogP contribution in [0.15, 0.2) is 49.3 Å². The maximum atomic E-state index is 4.41. The molecule has 3 rings (SSSR count). The Balaban J connectivity index is 2.01. The van der Waals surface area contributed by atoms with E-state index in [9.17, 15) is 0 Å². The molecule has 0 unspecified atom stereocenters. The number of imidazole rings is 1. The van der Waals surface area contributed by atoms with Gasteiger partial charge in [0.2, 0.25) is 0 Å². The fraction of sp³-hybridized carbons (Fsp3) is 0.214. The predicted octanol–water partition coefficient (Wildman–Crippen LogP) is 2.41. The Kier molecular flexibility index (Phi) is 3.10. The molecule has 5 nitrogen and oxygen atoms in total. The van der Waals surface area contributed by atoms with Crippen molar-refractivity contribution in [2.75, 3.05) is 0 Å². The van der Waals surface area contributed by atoms with Gasteiger partial charge in [0.05, 0.1) is 5.69 Å². The van der Waals surface area contributed by atoms with Gasteiger partial charge in [-0.1, -0.05) is 13.0 Å². The smallest absolute Gasteiger partial charge is 0.123 e. The Labute approximate surface area is 111 Å². The summed E-state index contributed by atoms with van der Waals surface area (Å²) in [5.74, 6) is 1.09. The fourth-order valence-electron chi connectivity index (χ4n) is 2.12. The van der Waals surface area contributed by atoms with Crippen molar-refractivity contribution in [1.82, 2.24) is 24.3 Å². The maximum absolute atomic E-state index is 4.41. The molecule has 3 aromatic rings. The molecule has 0 aliphatic rings. The second kappa shape index (κ2) is 5.06. The molecule has 0 N–H and O–H groups in total. The second-order valence-electron chi connectivity index (χ2n) is 4.35.